The van der Waals surface area contributed by atoms with Gasteiger partial charge in [0.1, 0.15) is 0 Å². The first-order valence-corrected chi connectivity index (χ1v) is 5.44. The molecule has 2 amide bonds. The van der Waals surface area contributed by atoms with Crippen molar-refractivity contribution in [2.75, 3.05) is 6.54 Å². The molecule has 0 radical (unpaired) electrons. The first-order valence-electron chi connectivity index (χ1n) is 5.44. The minimum atomic E-state index is -0.410. The monoisotopic (exact) mass is 200 g/mol. The lowest BCUT2D eigenvalue weighted by Gasteiger charge is -2.26. The van der Waals surface area contributed by atoms with E-state index in [0.29, 0.717) is 12.6 Å². The lowest BCUT2D eigenvalue weighted by Crippen LogP contribution is -2.46. The second-order valence-electron chi connectivity index (χ2n) is 3.92. The summed E-state index contributed by atoms with van der Waals surface area (Å²) < 4.78 is 0. The minimum Gasteiger partial charge on any atom is -0.391 e. The molecule has 0 saturated heterocycles. The molecule has 1 unspecified atom stereocenters. The van der Waals surface area contributed by atoms with Crippen molar-refractivity contribution in [3.63, 3.8) is 0 Å². The maximum atomic E-state index is 11.2. The molecule has 3 N–H and O–H groups in total. The van der Waals surface area contributed by atoms with Gasteiger partial charge in [-0.1, -0.05) is 13.3 Å². The normalized spacial score (nSPS) is 18.4. The van der Waals surface area contributed by atoms with E-state index >= 15 is 0 Å². The molecule has 0 aromatic carbocycles. The largest absolute Gasteiger partial charge is 0.391 e. The SMILES string of the molecule is CCCC(O)CNC(=O)NC1CCC1. The highest BCUT2D eigenvalue weighted by Crippen LogP contribution is 2.17. The van der Waals surface area contributed by atoms with E-state index in [9.17, 15) is 9.90 Å². The number of carbonyl (C=O) groups excluding carboxylic acids is 1. The van der Waals surface area contributed by atoms with Crippen LogP contribution in [-0.4, -0.2) is 29.8 Å². The van der Waals surface area contributed by atoms with Crippen LogP contribution in [-0.2, 0) is 0 Å². The van der Waals surface area contributed by atoms with Crippen molar-refractivity contribution in [3.05, 3.63) is 0 Å². The summed E-state index contributed by atoms with van der Waals surface area (Å²) in [6.45, 7) is 2.37. The van der Waals surface area contributed by atoms with Crippen molar-refractivity contribution in [1.82, 2.24) is 10.6 Å². The molecule has 0 aliphatic heterocycles. The maximum absolute atomic E-state index is 11.2. The fourth-order valence-corrected chi connectivity index (χ4v) is 1.43. The molecule has 4 heteroatoms. The molecule has 1 rings (SSSR count). The van der Waals surface area contributed by atoms with Gasteiger partial charge in [0.2, 0.25) is 0 Å². The van der Waals surface area contributed by atoms with Gasteiger partial charge in [-0.05, 0) is 25.7 Å². The quantitative estimate of drug-likeness (QED) is 0.620. The number of rotatable bonds is 5. The standard InChI is InChI=1S/C10H20N2O2/c1-2-4-9(13)7-11-10(14)12-8-5-3-6-8/h8-9,13H,2-7H2,1H3,(H2,11,12,14). The highest BCUT2D eigenvalue weighted by atomic mass is 16.3. The minimum absolute atomic E-state index is 0.148. The van der Waals surface area contributed by atoms with E-state index in [1.54, 1.807) is 0 Å². The van der Waals surface area contributed by atoms with E-state index < -0.39 is 6.10 Å². The van der Waals surface area contributed by atoms with Crippen LogP contribution in [0.25, 0.3) is 0 Å². The van der Waals surface area contributed by atoms with Gasteiger partial charge in [-0.15, -0.1) is 0 Å². The Morgan fingerprint density at radius 3 is 2.79 bits per heavy atom. The zero-order valence-corrected chi connectivity index (χ0v) is 8.75. The highest BCUT2D eigenvalue weighted by Gasteiger charge is 2.19. The Hall–Kier alpha value is -0.770. The summed E-state index contributed by atoms with van der Waals surface area (Å²) >= 11 is 0. The van der Waals surface area contributed by atoms with Gasteiger partial charge in [-0.25, -0.2) is 4.79 Å². The van der Waals surface area contributed by atoms with Crippen LogP contribution in [0.4, 0.5) is 4.79 Å². The summed E-state index contributed by atoms with van der Waals surface area (Å²) in [7, 11) is 0. The van der Waals surface area contributed by atoms with E-state index in [1.165, 1.54) is 6.42 Å². The molecule has 1 aliphatic rings. The topological polar surface area (TPSA) is 61.4 Å². The lowest BCUT2D eigenvalue weighted by atomic mass is 9.93. The van der Waals surface area contributed by atoms with Gasteiger partial charge >= 0.3 is 6.03 Å². The molecule has 14 heavy (non-hydrogen) atoms. The van der Waals surface area contributed by atoms with Gasteiger partial charge in [-0.3, -0.25) is 0 Å². The van der Waals surface area contributed by atoms with Crippen molar-refractivity contribution in [2.24, 2.45) is 0 Å². The lowest BCUT2D eigenvalue weighted by molar-refractivity contribution is 0.159. The maximum Gasteiger partial charge on any atom is 0.315 e. The number of nitrogens with one attached hydrogen (secondary N) is 2. The van der Waals surface area contributed by atoms with Gasteiger partial charge in [0.05, 0.1) is 6.10 Å². The summed E-state index contributed by atoms with van der Waals surface area (Å²) in [6.07, 6.45) is 4.66. The van der Waals surface area contributed by atoms with Crippen molar-refractivity contribution < 1.29 is 9.90 Å². The van der Waals surface area contributed by atoms with E-state index in [2.05, 4.69) is 10.6 Å². The third-order valence-electron chi connectivity index (χ3n) is 2.56. The van der Waals surface area contributed by atoms with Crippen molar-refractivity contribution in [2.45, 2.75) is 51.2 Å². The fourth-order valence-electron chi connectivity index (χ4n) is 1.43. The summed E-state index contributed by atoms with van der Waals surface area (Å²) in [5.74, 6) is 0. The van der Waals surface area contributed by atoms with Crippen LogP contribution in [0.5, 0.6) is 0 Å². The van der Waals surface area contributed by atoms with Gasteiger partial charge in [0.15, 0.2) is 0 Å². The molecule has 82 valence electrons. The summed E-state index contributed by atoms with van der Waals surface area (Å²) in [5, 5.41) is 14.9. The average molecular weight is 200 g/mol. The summed E-state index contributed by atoms with van der Waals surface area (Å²) in [5.41, 5.74) is 0. The smallest absolute Gasteiger partial charge is 0.315 e. The predicted molar refractivity (Wildman–Crippen MR) is 55.1 cm³/mol. The van der Waals surface area contributed by atoms with Crippen LogP contribution in [0.3, 0.4) is 0 Å². The van der Waals surface area contributed by atoms with Crippen molar-refractivity contribution in [1.29, 1.82) is 0 Å². The van der Waals surface area contributed by atoms with Crippen LogP contribution in [0.1, 0.15) is 39.0 Å². The molecule has 0 spiro atoms. The molecule has 0 heterocycles. The number of urea groups is 1. The van der Waals surface area contributed by atoms with E-state index in [4.69, 9.17) is 0 Å². The Morgan fingerprint density at radius 2 is 2.29 bits per heavy atom. The molecule has 0 bridgehead atoms. The number of carbonyl (C=O) groups is 1. The first kappa shape index (κ1) is 11.3. The third kappa shape index (κ3) is 3.96. The average Bonchev–Trinajstić information content (AvgIpc) is 2.09. The van der Waals surface area contributed by atoms with Gasteiger partial charge in [0.25, 0.3) is 0 Å². The molecular formula is C10H20N2O2. The van der Waals surface area contributed by atoms with Crippen LogP contribution < -0.4 is 10.6 Å². The molecule has 0 aromatic heterocycles. The molecule has 4 nitrogen and oxygen atoms in total. The van der Waals surface area contributed by atoms with Gasteiger partial charge < -0.3 is 15.7 Å². The predicted octanol–water partition coefficient (Wildman–Crippen LogP) is 0.999. The first-order chi connectivity index (χ1) is 6.72. The van der Waals surface area contributed by atoms with E-state index in [0.717, 1.165) is 25.7 Å². The molecule has 1 fully saturated rings. The number of aliphatic hydroxyl groups is 1. The van der Waals surface area contributed by atoms with Crippen LogP contribution in [0.15, 0.2) is 0 Å². The van der Waals surface area contributed by atoms with Crippen molar-refractivity contribution >= 4 is 6.03 Å². The summed E-state index contributed by atoms with van der Waals surface area (Å²) in [6, 6.07) is 0.211. The zero-order chi connectivity index (χ0) is 10.4. The molecule has 1 saturated carbocycles. The molecular weight excluding hydrogens is 180 g/mol. The third-order valence-corrected chi connectivity index (χ3v) is 2.56. The van der Waals surface area contributed by atoms with Crippen molar-refractivity contribution in [3.8, 4) is 0 Å². The van der Waals surface area contributed by atoms with Crippen LogP contribution >= 0.6 is 0 Å². The Labute approximate surface area is 85.1 Å². The van der Waals surface area contributed by atoms with Crippen LogP contribution in [0, 0.1) is 0 Å². The van der Waals surface area contributed by atoms with Gasteiger partial charge in [0, 0.05) is 12.6 Å². The van der Waals surface area contributed by atoms with E-state index in [1.807, 2.05) is 6.92 Å². The Balaban J connectivity index is 2.01. The Morgan fingerprint density at radius 1 is 1.57 bits per heavy atom. The Bertz CT molecular complexity index is 181. The Kier molecular flexibility index (Phi) is 4.73. The fraction of sp³-hybridized carbons (Fsp3) is 0.900. The number of hydrogen-bond acceptors (Lipinski definition) is 2. The second kappa shape index (κ2) is 5.86. The summed E-state index contributed by atoms with van der Waals surface area (Å²) in [4.78, 5) is 11.2. The van der Waals surface area contributed by atoms with Crippen LogP contribution in [0.2, 0.25) is 0 Å². The van der Waals surface area contributed by atoms with E-state index in [-0.39, 0.29) is 6.03 Å². The highest BCUT2D eigenvalue weighted by molar-refractivity contribution is 5.74. The molecule has 1 atom stereocenters. The number of amides is 2. The van der Waals surface area contributed by atoms with Gasteiger partial charge in [-0.2, -0.15) is 0 Å². The second-order valence-corrected chi connectivity index (χ2v) is 3.92. The zero-order valence-electron chi connectivity index (χ0n) is 8.75. The number of hydrogen-bond donors (Lipinski definition) is 3. The number of aliphatic hydroxyl groups excluding tert-OH is 1. The molecule has 0 aromatic rings. The molecule has 1 aliphatic carbocycles.